The fourth-order valence-corrected chi connectivity index (χ4v) is 4.44. The first-order chi connectivity index (χ1) is 15.4. The van der Waals surface area contributed by atoms with Crippen molar-refractivity contribution in [1.29, 1.82) is 0 Å². The molecular formula is C23H22N4O4S. The predicted molar refractivity (Wildman–Crippen MR) is 120 cm³/mol. The molecule has 1 amide bonds. The molecule has 3 aromatic rings. The Hall–Kier alpha value is -3.72. The Morgan fingerprint density at radius 3 is 2.75 bits per heavy atom. The minimum absolute atomic E-state index is 0.161. The van der Waals surface area contributed by atoms with Gasteiger partial charge in [-0.25, -0.2) is 8.42 Å². The zero-order valence-corrected chi connectivity index (χ0v) is 18.2. The highest BCUT2D eigenvalue weighted by atomic mass is 32.2. The lowest BCUT2D eigenvalue weighted by atomic mass is 10.2. The van der Waals surface area contributed by atoms with Crippen LogP contribution in [0.25, 0.3) is 0 Å². The van der Waals surface area contributed by atoms with Crippen molar-refractivity contribution >= 4 is 21.8 Å². The zero-order chi connectivity index (χ0) is 22.6. The second-order valence-electron chi connectivity index (χ2n) is 7.23. The summed E-state index contributed by atoms with van der Waals surface area (Å²) in [6, 6.07) is 18.8. The number of ether oxygens (including phenoxy) is 1. The van der Waals surface area contributed by atoms with E-state index in [1.807, 2.05) is 42.5 Å². The van der Waals surface area contributed by atoms with E-state index in [1.54, 1.807) is 31.3 Å². The third kappa shape index (κ3) is 4.94. The molecule has 0 bridgehead atoms. The summed E-state index contributed by atoms with van der Waals surface area (Å²) in [5, 5.41) is 2.83. The van der Waals surface area contributed by atoms with Crippen LogP contribution < -0.4 is 14.8 Å². The lowest BCUT2D eigenvalue weighted by Crippen LogP contribution is -2.33. The molecule has 164 valence electrons. The number of amides is 1. The van der Waals surface area contributed by atoms with Crippen molar-refractivity contribution in [3.05, 3.63) is 89.7 Å². The van der Waals surface area contributed by atoms with E-state index in [4.69, 9.17) is 4.74 Å². The number of sulfonamides is 1. The minimum atomic E-state index is -3.64. The predicted octanol–water partition coefficient (Wildman–Crippen LogP) is 2.40. The smallest absolute Gasteiger partial charge is 0.263 e. The van der Waals surface area contributed by atoms with Crippen LogP contribution in [0.15, 0.2) is 82.8 Å². The van der Waals surface area contributed by atoms with Gasteiger partial charge in [0.05, 0.1) is 10.6 Å². The lowest BCUT2D eigenvalue weighted by molar-refractivity contribution is -0.122. The number of carbonyl (C=O) groups excluding carboxylic acids is 1. The quantitative estimate of drug-likeness (QED) is 0.574. The number of hydrogen-bond acceptors (Lipinski definition) is 6. The van der Waals surface area contributed by atoms with Gasteiger partial charge in [-0.1, -0.05) is 30.3 Å². The molecule has 4 rings (SSSR count). The summed E-state index contributed by atoms with van der Waals surface area (Å²) >= 11 is 0. The number of benzene rings is 2. The van der Waals surface area contributed by atoms with E-state index in [-0.39, 0.29) is 23.2 Å². The van der Waals surface area contributed by atoms with E-state index in [9.17, 15) is 13.2 Å². The van der Waals surface area contributed by atoms with Crippen molar-refractivity contribution in [3.63, 3.8) is 0 Å². The van der Waals surface area contributed by atoms with Gasteiger partial charge in [-0.3, -0.25) is 19.5 Å². The maximum absolute atomic E-state index is 12.5. The second kappa shape index (κ2) is 9.19. The average Bonchev–Trinajstić information content (AvgIpc) is 3.07. The second-order valence-corrected chi connectivity index (χ2v) is 8.88. The van der Waals surface area contributed by atoms with Crippen molar-refractivity contribution in [2.45, 2.75) is 31.0 Å². The molecule has 1 aliphatic heterocycles. The van der Waals surface area contributed by atoms with E-state index >= 15 is 0 Å². The van der Waals surface area contributed by atoms with E-state index in [1.165, 1.54) is 6.07 Å². The number of aromatic nitrogens is 1. The molecule has 0 radical (unpaired) electrons. The summed E-state index contributed by atoms with van der Waals surface area (Å²) in [5.74, 6) is 0.529. The molecule has 1 atom stereocenters. The topological polar surface area (TPSA) is 110 Å². The van der Waals surface area contributed by atoms with Crippen LogP contribution in [0.3, 0.4) is 0 Å². The third-order valence-corrected chi connectivity index (χ3v) is 6.24. The lowest BCUT2D eigenvalue weighted by Gasteiger charge is -2.11. The molecule has 0 fully saturated rings. The largest absolute Gasteiger partial charge is 0.487 e. The number of aliphatic imine (C=N–C) groups is 1. The Kier molecular flexibility index (Phi) is 6.18. The van der Waals surface area contributed by atoms with E-state index < -0.39 is 16.1 Å². The standard InChI is InChI=1S/C23H22N4O4S/c1-16(26-22-20-10-2-3-11-21(20)32(29,30)27-22)23(28)25-14-17-7-6-9-19(13-17)31-15-18-8-4-5-12-24-18/h2-13,16H,14-15H2,1H3,(H,25,28)(H,26,27)/t16-/m0/s1. The molecule has 1 aromatic heterocycles. The van der Waals surface area contributed by atoms with Gasteiger partial charge in [0.15, 0.2) is 0 Å². The van der Waals surface area contributed by atoms with Crippen LogP contribution in [0.2, 0.25) is 0 Å². The molecule has 0 saturated carbocycles. The van der Waals surface area contributed by atoms with E-state index in [0.717, 1.165) is 11.3 Å². The van der Waals surface area contributed by atoms with Crippen LogP contribution in [-0.2, 0) is 28.0 Å². The van der Waals surface area contributed by atoms with Gasteiger partial charge in [0.1, 0.15) is 24.2 Å². The van der Waals surface area contributed by atoms with Crippen molar-refractivity contribution in [2.24, 2.45) is 4.99 Å². The molecule has 1 aliphatic rings. The number of carbonyl (C=O) groups is 1. The number of amidine groups is 1. The number of pyridine rings is 1. The van der Waals surface area contributed by atoms with Gasteiger partial charge in [0, 0.05) is 18.3 Å². The summed E-state index contributed by atoms with van der Waals surface area (Å²) in [4.78, 5) is 21.2. The fraction of sp³-hybridized carbons (Fsp3) is 0.174. The monoisotopic (exact) mass is 450 g/mol. The highest BCUT2D eigenvalue weighted by molar-refractivity contribution is 7.90. The SMILES string of the molecule is C[C@H](N=C1NS(=O)(=O)c2ccccc21)C(=O)NCc1cccc(OCc2ccccn2)c1. The summed E-state index contributed by atoms with van der Waals surface area (Å²) in [6.07, 6.45) is 1.71. The van der Waals surface area contributed by atoms with Crippen LogP contribution >= 0.6 is 0 Å². The molecular weight excluding hydrogens is 428 g/mol. The Morgan fingerprint density at radius 1 is 1.12 bits per heavy atom. The fourth-order valence-electron chi connectivity index (χ4n) is 3.20. The molecule has 0 aliphatic carbocycles. The highest BCUT2D eigenvalue weighted by Gasteiger charge is 2.31. The molecule has 32 heavy (non-hydrogen) atoms. The minimum Gasteiger partial charge on any atom is -0.487 e. The van der Waals surface area contributed by atoms with Gasteiger partial charge in [-0.05, 0) is 48.9 Å². The molecule has 0 unspecified atom stereocenters. The van der Waals surface area contributed by atoms with Crippen molar-refractivity contribution in [1.82, 2.24) is 15.0 Å². The molecule has 0 spiro atoms. The molecule has 2 aromatic carbocycles. The Balaban J connectivity index is 1.36. The maximum Gasteiger partial charge on any atom is 0.263 e. The Morgan fingerprint density at radius 2 is 1.94 bits per heavy atom. The van der Waals surface area contributed by atoms with Crippen LogP contribution in [0, 0.1) is 0 Å². The molecule has 2 N–H and O–H groups in total. The van der Waals surface area contributed by atoms with Gasteiger partial charge < -0.3 is 10.1 Å². The normalized spacial score (nSPS) is 16.1. The van der Waals surface area contributed by atoms with Crippen LogP contribution in [0.5, 0.6) is 5.75 Å². The van der Waals surface area contributed by atoms with Crippen molar-refractivity contribution in [3.8, 4) is 5.75 Å². The number of nitrogens with zero attached hydrogens (tertiary/aromatic N) is 2. The van der Waals surface area contributed by atoms with Crippen LogP contribution in [0.4, 0.5) is 0 Å². The number of hydrogen-bond donors (Lipinski definition) is 2. The van der Waals surface area contributed by atoms with Gasteiger partial charge in [0.25, 0.3) is 10.0 Å². The first-order valence-corrected chi connectivity index (χ1v) is 11.5. The van der Waals surface area contributed by atoms with Crippen molar-refractivity contribution in [2.75, 3.05) is 0 Å². The van der Waals surface area contributed by atoms with Gasteiger partial charge in [0.2, 0.25) is 5.91 Å². The molecule has 8 nitrogen and oxygen atoms in total. The van der Waals surface area contributed by atoms with Gasteiger partial charge >= 0.3 is 0 Å². The summed E-state index contributed by atoms with van der Waals surface area (Å²) < 4.78 is 32.6. The summed E-state index contributed by atoms with van der Waals surface area (Å²) in [7, 11) is -3.64. The molecule has 9 heteroatoms. The van der Waals surface area contributed by atoms with E-state index in [2.05, 4.69) is 20.0 Å². The zero-order valence-electron chi connectivity index (χ0n) is 17.4. The Bertz CT molecular complexity index is 1260. The summed E-state index contributed by atoms with van der Waals surface area (Å²) in [5.41, 5.74) is 2.15. The number of fused-ring (bicyclic) bond motifs is 1. The van der Waals surface area contributed by atoms with Crippen molar-refractivity contribution < 1.29 is 17.9 Å². The molecule has 2 heterocycles. The maximum atomic E-state index is 12.5. The Labute approximate surface area is 186 Å². The molecule has 0 saturated heterocycles. The van der Waals surface area contributed by atoms with Crippen LogP contribution in [-0.4, -0.2) is 31.2 Å². The van der Waals surface area contributed by atoms with Gasteiger partial charge in [-0.2, -0.15) is 0 Å². The number of rotatable bonds is 7. The first-order valence-electron chi connectivity index (χ1n) is 10.0. The van der Waals surface area contributed by atoms with Crippen LogP contribution in [0.1, 0.15) is 23.7 Å². The number of nitrogens with one attached hydrogen (secondary N) is 2. The third-order valence-electron chi connectivity index (χ3n) is 4.84. The summed E-state index contributed by atoms with van der Waals surface area (Å²) in [6.45, 7) is 2.25. The van der Waals surface area contributed by atoms with E-state index in [0.29, 0.717) is 17.9 Å². The first kappa shape index (κ1) is 21.5. The average molecular weight is 451 g/mol. The van der Waals surface area contributed by atoms with Gasteiger partial charge in [-0.15, -0.1) is 0 Å². The highest BCUT2D eigenvalue weighted by Crippen LogP contribution is 2.22.